The van der Waals surface area contributed by atoms with Crippen LogP contribution in [0.2, 0.25) is 0 Å². The summed E-state index contributed by atoms with van der Waals surface area (Å²) in [6.45, 7) is 3.46. The van der Waals surface area contributed by atoms with Gasteiger partial charge in [-0.3, -0.25) is 4.90 Å². The quantitative estimate of drug-likeness (QED) is 0.659. The minimum atomic E-state index is 1.02. The smallest absolute Gasteiger partial charge is 0.0175 e. The number of halogens is 1. The van der Waals surface area contributed by atoms with Gasteiger partial charge in [0.25, 0.3) is 0 Å². The van der Waals surface area contributed by atoms with Gasteiger partial charge >= 0.3 is 0 Å². The van der Waals surface area contributed by atoms with Crippen LogP contribution in [-0.4, -0.2) is 36.0 Å². The molecule has 0 aromatic heterocycles. The first-order valence-corrected chi connectivity index (χ1v) is 5.58. The number of nitrogens with zero attached hydrogens (tertiary/aromatic N) is 1. The Hall–Kier alpha value is 0.340. The zero-order valence-corrected chi connectivity index (χ0v) is 8.20. The summed E-state index contributed by atoms with van der Waals surface area (Å²) >= 11 is 7.50. The summed E-state index contributed by atoms with van der Waals surface area (Å²) < 4.78 is 0. The SMILES string of the molecule is Cl/C=C/CN1CCCSCC1. The van der Waals surface area contributed by atoms with E-state index in [0.717, 1.165) is 6.54 Å². The topological polar surface area (TPSA) is 3.24 Å². The summed E-state index contributed by atoms with van der Waals surface area (Å²) in [5.41, 5.74) is 1.61. The van der Waals surface area contributed by atoms with E-state index in [9.17, 15) is 0 Å². The van der Waals surface area contributed by atoms with Crippen LogP contribution in [0, 0.1) is 0 Å². The van der Waals surface area contributed by atoms with Crippen molar-refractivity contribution in [1.82, 2.24) is 4.90 Å². The Morgan fingerprint density at radius 1 is 1.36 bits per heavy atom. The van der Waals surface area contributed by atoms with Crippen molar-refractivity contribution < 1.29 is 0 Å². The lowest BCUT2D eigenvalue weighted by Gasteiger charge is -2.16. The predicted octanol–water partition coefficient (Wildman–Crippen LogP) is 2.18. The van der Waals surface area contributed by atoms with Crippen LogP contribution in [-0.2, 0) is 0 Å². The van der Waals surface area contributed by atoms with Gasteiger partial charge in [0.1, 0.15) is 0 Å². The van der Waals surface area contributed by atoms with Crippen LogP contribution in [0.25, 0.3) is 0 Å². The maximum atomic E-state index is 5.45. The van der Waals surface area contributed by atoms with E-state index in [1.54, 1.807) is 5.54 Å². The third-order valence-electron chi connectivity index (χ3n) is 1.77. The molecular weight excluding hydrogens is 178 g/mol. The van der Waals surface area contributed by atoms with E-state index in [2.05, 4.69) is 16.7 Å². The van der Waals surface area contributed by atoms with Gasteiger partial charge in [-0.05, 0) is 18.7 Å². The van der Waals surface area contributed by atoms with Crippen molar-refractivity contribution >= 4 is 23.4 Å². The lowest BCUT2D eigenvalue weighted by molar-refractivity contribution is 0.328. The number of rotatable bonds is 2. The van der Waals surface area contributed by atoms with Crippen molar-refractivity contribution in [3.05, 3.63) is 11.6 Å². The molecule has 0 N–H and O–H groups in total. The molecule has 0 bridgehead atoms. The molecule has 0 amide bonds. The van der Waals surface area contributed by atoms with Gasteiger partial charge in [0.2, 0.25) is 0 Å². The van der Waals surface area contributed by atoms with Crippen LogP contribution in [0.15, 0.2) is 11.6 Å². The lowest BCUT2D eigenvalue weighted by atomic mass is 10.4. The largest absolute Gasteiger partial charge is 0.299 e. The molecule has 0 radical (unpaired) electrons. The van der Waals surface area contributed by atoms with Gasteiger partial charge in [-0.1, -0.05) is 17.7 Å². The highest BCUT2D eigenvalue weighted by atomic mass is 35.5. The highest BCUT2D eigenvalue weighted by Crippen LogP contribution is 2.09. The Labute approximate surface area is 77.8 Å². The normalized spacial score (nSPS) is 22.3. The lowest BCUT2D eigenvalue weighted by Crippen LogP contribution is -2.25. The predicted molar refractivity (Wildman–Crippen MR) is 53.4 cm³/mol. The third-order valence-corrected chi connectivity index (χ3v) is 2.99. The summed E-state index contributed by atoms with van der Waals surface area (Å²) in [6, 6.07) is 0. The average molecular weight is 192 g/mol. The van der Waals surface area contributed by atoms with E-state index < -0.39 is 0 Å². The molecule has 11 heavy (non-hydrogen) atoms. The van der Waals surface area contributed by atoms with E-state index in [-0.39, 0.29) is 0 Å². The van der Waals surface area contributed by atoms with Gasteiger partial charge < -0.3 is 0 Å². The Kier molecular flexibility index (Phi) is 5.08. The number of thioether (sulfide) groups is 1. The molecule has 0 aromatic rings. The van der Waals surface area contributed by atoms with E-state index in [1.165, 1.54) is 31.0 Å². The maximum Gasteiger partial charge on any atom is 0.0175 e. The van der Waals surface area contributed by atoms with Gasteiger partial charge in [0.15, 0.2) is 0 Å². The van der Waals surface area contributed by atoms with Crippen LogP contribution >= 0.6 is 23.4 Å². The maximum absolute atomic E-state index is 5.45. The molecule has 1 heterocycles. The van der Waals surface area contributed by atoms with Gasteiger partial charge in [0, 0.05) is 24.4 Å². The molecule has 0 unspecified atom stereocenters. The van der Waals surface area contributed by atoms with Gasteiger partial charge in [-0.15, -0.1) is 0 Å². The second kappa shape index (κ2) is 5.92. The molecule has 0 spiro atoms. The zero-order chi connectivity index (χ0) is 7.94. The Morgan fingerprint density at radius 3 is 3.09 bits per heavy atom. The van der Waals surface area contributed by atoms with Gasteiger partial charge in [0.05, 0.1) is 0 Å². The van der Waals surface area contributed by atoms with Crippen LogP contribution in [0.1, 0.15) is 6.42 Å². The van der Waals surface area contributed by atoms with Crippen molar-refractivity contribution in [2.75, 3.05) is 31.1 Å². The molecule has 0 aliphatic carbocycles. The van der Waals surface area contributed by atoms with Crippen LogP contribution in [0.3, 0.4) is 0 Å². The molecule has 1 nitrogen and oxygen atoms in total. The molecule has 1 aliphatic rings. The van der Waals surface area contributed by atoms with Crippen molar-refractivity contribution in [2.45, 2.75) is 6.42 Å². The first-order valence-electron chi connectivity index (χ1n) is 3.99. The Balaban J connectivity index is 2.19. The zero-order valence-electron chi connectivity index (χ0n) is 6.63. The van der Waals surface area contributed by atoms with Crippen LogP contribution in [0.5, 0.6) is 0 Å². The summed E-state index contributed by atoms with van der Waals surface area (Å²) in [5, 5.41) is 0. The molecule has 1 aliphatic heterocycles. The van der Waals surface area contributed by atoms with Crippen LogP contribution in [0.4, 0.5) is 0 Å². The van der Waals surface area contributed by atoms with E-state index in [0.29, 0.717) is 0 Å². The average Bonchev–Trinajstić information content (AvgIpc) is 2.28. The monoisotopic (exact) mass is 191 g/mol. The molecule has 0 saturated carbocycles. The summed E-state index contributed by atoms with van der Waals surface area (Å²) in [5.74, 6) is 2.59. The summed E-state index contributed by atoms with van der Waals surface area (Å²) in [4.78, 5) is 2.44. The highest BCUT2D eigenvalue weighted by molar-refractivity contribution is 7.99. The highest BCUT2D eigenvalue weighted by Gasteiger charge is 2.06. The Morgan fingerprint density at radius 2 is 2.27 bits per heavy atom. The minimum absolute atomic E-state index is 1.02. The summed E-state index contributed by atoms with van der Waals surface area (Å²) in [6.07, 6.45) is 3.33. The number of hydrogen-bond donors (Lipinski definition) is 0. The van der Waals surface area contributed by atoms with E-state index >= 15 is 0 Å². The first kappa shape index (κ1) is 9.43. The van der Waals surface area contributed by atoms with Crippen molar-refractivity contribution in [2.24, 2.45) is 0 Å². The van der Waals surface area contributed by atoms with Crippen molar-refractivity contribution in [3.63, 3.8) is 0 Å². The molecule has 1 fully saturated rings. The molecule has 1 rings (SSSR count). The fourth-order valence-electron chi connectivity index (χ4n) is 1.17. The number of hydrogen-bond acceptors (Lipinski definition) is 2. The van der Waals surface area contributed by atoms with Gasteiger partial charge in [-0.2, -0.15) is 11.8 Å². The second-order valence-corrected chi connectivity index (χ2v) is 4.10. The van der Waals surface area contributed by atoms with Crippen LogP contribution < -0.4 is 0 Å². The van der Waals surface area contributed by atoms with E-state index in [4.69, 9.17) is 11.6 Å². The third kappa shape index (κ3) is 4.04. The van der Waals surface area contributed by atoms with Crippen molar-refractivity contribution in [1.29, 1.82) is 0 Å². The first-order chi connectivity index (χ1) is 5.43. The minimum Gasteiger partial charge on any atom is -0.299 e. The molecular formula is C8H14ClNS. The van der Waals surface area contributed by atoms with Crippen molar-refractivity contribution in [3.8, 4) is 0 Å². The molecule has 3 heteroatoms. The molecule has 0 aromatic carbocycles. The second-order valence-electron chi connectivity index (χ2n) is 2.63. The fraction of sp³-hybridized carbons (Fsp3) is 0.750. The van der Waals surface area contributed by atoms with E-state index in [1.807, 2.05) is 6.08 Å². The standard InChI is InChI=1S/C8H14ClNS/c9-3-1-4-10-5-2-7-11-8-6-10/h1,3H,2,4-8H2/b3-1+. The fourth-order valence-corrected chi connectivity index (χ4v) is 2.17. The van der Waals surface area contributed by atoms with Gasteiger partial charge in [-0.25, -0.2) is 0 Å². The molecule has 1 saturated heterocycles. The Bertz CT molecular complexity index is 119. The molecule has 64 valence electrons. The molecule has 0 atom stereocenters. The summed E-state index contributed by atoms with van der Waals surface area (Å²) in [7, 11) is 0.